The van der Waals surface area contributed by atoms with Crippen LogP contribution in [0.2, 0.25) is 0 Å². The second-order valence-electron chi connectivity index (χ2n) is 5.34. The van der Waals surface area contributed by atoms with Crippen molar-refractivity contribution in [3.63, 3.8) is 0 Å². The number of unbranched alkanes of at least 4 members (excludes halogenated alkanes) is 1. The van der Waals surface area contributed by atoms with Gasteiger partial charge >= 0.3 is 0 Å². The highest BCUT2D eigenvalue weighted by atomic mass is 16.5. The van der Waals surface area contributed by atoms with Crippen LogP contribution in [0.15, 0.2) is 48.5 Å². The third-order valence-corrected chi connectivity index (χ3v) is 3.49. The first kappa shape index (κ1) is 15.6. The van der Waals surface area contributed by atoms with Gasteiger partial charge in [-0.1, -0.05) is 55.3 Å². The number of nitrogens with one attached hydrogen (secondary N) is 1. The highest BCUT2D eigenvalue weighted by molar-refractivity contribution is 5.64. The molecule has 2 nitrogen and oxygen atoms in total. The lowest BCUT2D eigenvalue weighted by molar-refractivity contribution is 0.314. The van der Waals surface area contributed by atoms with Gasteiger partial charge in [-0.05, 0) is 43.1 Å². The largest absolute Gasteiger partial charge is 0.492 e. The lowest BCUT2D eigenvalue weighted by atomic mass is 10.0. The molecule has 2 aromatic rings. The van der Waals surface area contributed by atoms with E-state index in [2.05, 4.69) is 55.6 Å². The number of benzene rings is 2. The van der Waals surface area contributed by atoms with Gasteiger partial charge < -0.3 is 10.1 Å². The smallest absolute Gasteiger partial charge is 0.119 e. The predicted octanol–water partition coefficient (Wildman–Crippen LogP) is 4.43. The Labute approximate surface area is 128 Å². The fourth-order valence-electron chi connectivity index (χ4n) is 2.16. The Balaban J connectivity index is 1.80. The fourth-order valence-corrected chi connectivity index (χ4v) is 2.16. The third kappa shape index (κ3) is 5.24. The van der Waals surface area contributed by atoms with Crippen molar-refractivity contribution in [1.82, 2.24) is 5.32 Å². The Kier molecular flexibility index (Phi) is 6.29. The topological polar surface area (TPSA) is 21.3 Å². The molecule has 0 saturated heterocycles. The highest BCUT2D eigenvalue weighted by Gasteiger charge is 1.98. The number of hydrogen-bond donors (Lipinski definition) is 1. The number of ether oxygens (including phenoxy) is 1. The van der Waals surface area contributed by atoms with Crippen LogP contribution in [-0.4, -0.2) is 19.7 Å². The molecule has 0 bridgehead atoms. The summed E-state index contributed by atoms with van der Waals surface area (Å²) in [5.74, 6) is 0.933. The Morgan fingerprint density at radius 2 is 1.48 bits per heavy atom. The molecule has 0 radical (unpaired) electrons. The van der Waals surface area contributed by atoms with E-state index in [1.165, 1.54) is 29.5 Å². The van der Waals surface area contributed by atoms with Gasteiger partial charge in [0.15, 0.2) is 0 Å². The van der Waals surface area contributed by atoms with Crippen LogP contribution in [0.3, 0.4) is 0 Å². The maximum Gasteiger partial charge on any atom is 0.119 e. The molecule has 0 heterocycles. The van der Waals surface area contributed by atoms with Crippen molar-refractivity contribution in [2.75, 3.05) is 19.7 Å². The second kappa shape index (κ2) is 8.48. The number of rotatable bonds is 8. The predicted molar refractivity (Wildman–Crippen MR) is 89.9 cm³/mol. The summed E-state index contributed by atoms with van der Waals surface area (Å²) < 4.78 is 5.73. The summed E-state index contributed by atoms with van der Waals surface area (Å²) in [4.78, 5) is 0. The van der Waals surface area contributed by atoms with Gasteiger partial charge in [0.25, 0.3) is 0 Å². The van der Waals surface area contributed by atoms with Crippen molar-refractivity contribution in [1.29, 1.82) is 0 Å². The van der Waals surface area contributed by atoms with Gasteiger partial charge in [-0.2, -0.15) is 0 Å². The average molecular weight is 283 g/mol. The van der Waals surface area contributed by atoms with Crippen molar-refractivity contribution in [3.8, 4) is 16.9 Å². The van der Waals surface area contributed by atoms with Crippen LogP contribution in [-0.2, 0) is 0 Å². The summed E-state index contributed by atoms with van der Waals surface area (Å²) in [7, 11) is 0. The molecule has 0 aliphatic rings. The first-order valence-corrected chi connectivity index (χ1v) is 7.80. The summed E-state index contributed by atoms with van der Waals surface area (Å²) in [6.45, 7) is 7.00. The van der Waals surface area contributed by atoms with E-state index in [-0.39, 0.29) is 0 Å². The van der Waals surface area contributed by atoms with Crippen molar-refractivity contribution in [3.05, 3.63) is 54.1 Å². The molecule has 0 spiro atoms. The van der Waals surface area contributed by atoms with Crippen LogP contribution in [0.1, 0.15) is 25.3 Å². The quantitative estimate of drug-likeness (QED) is 0.724. The summed E-state index contributed by atoms with van der Waals surface area (Å²) in [5, 5.41) is 3.37. The second-order valence-corrected chi connectivity index (χ2v) is 5.34. The number of aryl methyl sites for hydroxylation is 1. The van der Waals surface area contributed by atoms with Crippen LogP contribution >= 0.6 is 0 Å². The Bertz CT molecular complexity index is 516. The summed E-state index contributed by atoms with van der Waals surface area (Å²) in [6, 6.07) is 16.9. The zero-order chi connectivity index (χ0) is 14.9. The molecule has 0 aliphatic heterocycles. The third-order valence-electron chi connectivity index (χ3n) is 3.49. The number of hydrogen-bond acceptors (Lipinski definition) is 2. The van der Waals surface area contributed by atoms with Crippen molar-refractivity contribution >= 4 is 0 Å². The van der Waals surface area contributed by atoms with Crippen LogP contribution in [0.5, 0.6) is 5.75 Å². The Morgan fingerprint density at radius 1 is 0.857 bits per heavy atom. The summed E-state index contributed by atoms with van der Waals surface area (Å²) in [6.07, 6.45) is 2.46. The van der Waals surface area contributed by atoms with Gasteiger partial charge in [0.2, 0.25) is 0 Å². The molecule has 2 aromatic carbocycles. The van der Waals surface area contributed by atoms with Gasteiger partial charge in [-0.3, -0.25) is 0 Å². The highest BCUT2D eigenvalue weighted by Crippen LogP contribution is 2.22. The van der Waals surface area contributed by atoms with E-state index in [4.69, 9.17) is 4.74 Å². The van der Waals surface area contributed by atoms with Crippen LogP contribution in [0.25, 0.3) is 11.1 Å². The SMILES string of the molecule is CCCCNCCOc1ccc(-c2ccc(C)cc2)cc1. The lowest BCUT2D eigenvalue weighted by Gasteiger charge is -2.08. The Hall–Kier alpha value is -1.80. The maximum absolute atomic E-state index is 5.73. The van der Waals surface area contributed by atoms with E-state index in [1.54, 1.807) is 0 Å². The monoisotopic (exact) mass is 283 g/mol. The molecule has 0 amide bonds. The summed E-state index contributed by atoms with van der Waals surface area (Å²) >= 11 is 0. The van der Waals surface area contributed by atoms with Crippen LogP contribution in [0, 0.1) is 6.92 Å². The van der Waals surface area contributed by atoms with Crippen molar-refractivity contribution in [2.24, 2.45) is 0 Å². The van der Waals surface area contributed by atoms with E-state index in [0.29, 0.717) is 6.61 Å². The van der Waals surface area contributed by atoms with E-state index < -0.39 is 0 Å². The molecule has 0 atom stereocenters. The van der Waals surface area contributed by atoms with Crippen molar-refractivity contribution in [2.45, 2.75) is 26.7 Å². The van der Waals surface area contributed by atoms with Gasteiger partial charge in [-0.25, -0.2) is 0 Å². The van der Waals surface area contributed by atoms with Gasteiger partial charge in [0.1, 0.15) is 12.4 Å². The van der Waals surface area contributed by atoms with E-state index in [0.717, 1.165) is 18.8 Å². The van der Waals surface area contributed by atoms with Gasteiger partial charge in [-0.15, -0.1) is 0 Å². The van der Waals surface area contributed by atoms with E-state index in [9.17, 15) is 0 Å². The molecule has 2 rings (SSSR count). The maximum atomic E-state index is 5.73. The molecule has 0 aromatic heterocycles. The normalized spacial score (nSPS) is 10.6. The fraction of sp³-hybridized carbons (Fsp3) is 0.368. The minimum Gasteiger partial charge on any atom is -0.492 e. The lowest BCUT2D eigenvalue weighted by Crippen LogP contribution is -2.21. The molecule has 0 aliphatic carbocycles. The van der Waals surface area contributed by atoms with Crippen LogP contribution in [0.4, 0.5) is 0 Å². The van der Waals surface area contributed by atoms with Gasteiger partial charge in [0, 0.05) is 6.54 Å². The van der Waals surface area contributed by atoms with E-state index in [1.807, 2.05) is 12.1 Å². The zero-order valence-corrected chi connectivity index (χ0v) is 13.1. The minimum absolute atomic E-state index is 0.716. The molecular weight excluding hydrogens is 258 g/mol. The van der Waals surface area contributed by atoms with Crippen molar-refractivity contribution < 1.29 is 4.74 Å². The first-order valence-electron chi connectivity index (χ1n) is 7.80. The zero-order valence-electron chi connectivity index (χ0n) is 13.1. The van der Waals surface area contributed by atoms with Gasteiger partial charge in [0.05, 0.1) is 0 Å². The average Bonchev–Trinajstić information content (AvgIpc) is 2.52. The molecule has 0 fully saturated rings. The molecule has 112 valence electrons. The molecule has 2 heteroatoms. The molecule has 0 saturated carbocycles. The Morgan fingerprint density at radius 3 is 2.10 bits per heavy atom. The standard InChI is InChI=1S/C19H25NO/c1-3-4-13-20-14-15-21-19-11-9-18(10-12-19)17-7-5-16(2)6-8-17/h5-12,20H,3-4,13-15H2,1-2H3. The minimum atomic E-state index is 0.716. The molecule has 1 N–H and O–H groups in total. The van der Waals surface area contributed by atoms with Crippen LogP contribution < -0.4 is 10.1 Å². The molecule has 0 unspecified atom stereocenters. The molecular formula is C19H25NO. The molecule has 21 heavy (non-hydrogen) atoms. The summed E-state index contributed by atoms with van der Waals surface area (Å²) in [5.41, 5.74) is 3.76. The van der Waals surface area contributed by atoms with E-state index >= 15 is 0 Å². The first-order chi connectivity index (χ1) is 10.3.